The van der Waals surface area contributed by atoms with Gasteiger partial charge in [0.1, 0.15) is 18.5 Å². The molecular formula is C14H17N5O6. The van der Waals surface area contributed by atoms with Crippen molar-refractivity contribution in [2.75, 3.05) is 6.61 Å². The van der Waals surface area contributed by atoms with E-state index in [9.17, 15) is 24.8 Å². The summed E-state index contributed by atoms with van der Waals surface area (Å²) in [5.41, 5.74) is -0.747. The van der Waals surface area contributed by atoms with E-state index in [0.29, 0.717) is 11.4 Å². The van der Waals surface area contributed by atoms with E-state index in [0.717, 1.165) is 0 Å². The number of aliphatic hydroxyl groups is 1. The maximum Gasteiger partial charge on any atom is 0.381 e. The molecule has 3 atom stereocenters. The molecular weight excluding hydrogens is 334 g/mol. The van der Waals surface area contributed by atoms with E-state index in [1.165, 1.54) is 17.0 Å². The van der Waals surface area contributed by atoms with Gasteiger partial charge in [-0.1, -0.05) is 0 Å². The van der Waals surface area contributed by atoms with Gasteiger partial charge < -0.3 is 24.5 Å². The SMILES string of the molecule is Cc1cn([C@@H]2C[C@H](n3cc([N+](=O)[O-])nc3C)[C@@H](CO)O2)c(=O)[nH]c1=O. The van der Waals surface area contributed by atoms with E-state index < -0.39 is 34.5 Å². The van der Waals surface area contributed by atoms with Gasteiger partial charge in [-0.25, -0.2) is 4.79 Å². The first-order valence-electron chi connectivity index (χ1n) is 7.60. The van der Waals surface area contributed by atoms with Crippen molar-refractivity contribution in [3.05, 3.63) is 54.7 Å². The largest absolute Gasteiger partial charge is 0.394 e. The highest BCUT2D eigenvalue weighted by molar-refractivity contribution is 5.18. The minimum absolute atomic E-state index is 0.283. The Morgan fingerprint density at radius 2 is 2.12 bits per heavy atom. The van der Waals surface area contributed by atoms with Crippen molar-refractivity contribution in [2.45, 2.75) is 38.6 Å². The number of rotatable bonds is 4. The molecule has 0 radical (unpaired) electrons. The molecule has 2 N–H and O–H groups in total. The number of ether oxygens (including phenoxy) is 1. The van der Waals surface area contributed by atoms with Crippen LogP contribution in [-0.4, -0.2) is 41.8 Å². The fourth-order valence-corrected chi connectivity index (χ4v) is 3.04. The normalized spacial score (nSPS) is 23.1. The van der Waals surface area contributed by atoms with Gasteiger partial charge in [-0.3, -0.25) is 14.3 Å². The molecule has 3 rings (SSSR count). The minimum Gasteiger partial charge on any atom is -0.394 e. The molecule has 1 saturated heterocycles. The Kier molecular flexibility index (Phi) is 4.27. The first-order valence-corrected chi connectivity index (χ1v) is 7.60. The Morgan fingerprint density at radius 3 is 2.72 bits per heavy atom. The molecule has 1 aliphatic heterocycles. The van der Waals surface area contributed by atoms with Crippen LogP contribution in [0.1, 0.15) is 30.1 Å². The molecule has 1 fully saturated rings. The molecule has 0 bridgehead atoms. The van der Waals surface area contributed by atoms with Gasteiger partial charge in [0.05, 0.1) is 12.6 Å². The zero-order chi connectivity index (χ0) is 18.3. The van der Waals surface area contributed by atoms with Gasteiger partial charge in [-0.2, -0.15) is 0 Å². The van der Waals surface area contributed by atoms with E-state index in [-0.39, 0.29) is 18.8 Å². The predicted molar refractivity (Wildman–Crippen MR) is 84.3 cm³/mol. The lowest BCUT2D eigenvalue weighted by molar-refractivity contribution is -0.389. The second kappa shape index (κ2) is 6.26. The number of aryl methyl sites for hydroxylation is 2. The molecule has 0 saturated carbocycles. The topological polar surface area (TPSA) is 145 Å². The Hall–Kier alpha value is -2.79. The van der Waals surface area contributed by atoms with Crippen LogP contribution < -0.4 is 11.2 Å². The van der Waals surface area contributed by atoms with Crippen LogP contribution in [0.4, 0.5) is 5.82 Å². The molecule has 2 aromatic rings. The third-order valence-electron chi connectivity index (χ3n) is 4.29. The standard InChI is InChI=1S/C14H17N5O6/c1-7-4-18(14(22)16-13(7)21)12-3-9(10(6-20)25-12)17-5-11(19(23)24)15-8(17)2/h4-5,9-10,12,20H,3,6H2,1-2H3,(H,16,21,22)/t9-,10+,12-/m0/s1. The highest BCUT2D eigenvalue weighted by Gasteiger charge is 2.39. The van der Waals surface area contributed by atoms with E-state index in [1.54, 1.807) is 18.4 Å². The lowest BCUT2D eigenvalue weighted by Crippen LogP contribution is -2.33. The number of nitro groups is 1. The third kappa shape index (κ3) is 2.98. The van der Waals surface area contributed by atoms with Crippen LogP contribution in [0.15, 0.2) is 22.0 Å². The van der Waals surface area contributed by atoms with Crippen LogP contribution in [0.3, 0.4) is 0 Å². The van der Waals surface area contributed by atoms with E-state index >= 15 is 0 Å². The molecule has 25 heavy (non-hydrogen) atoms. The minimum atomic E-state index is -0.717. The highest BCUT2D eigenvalue weighted by Crippen LogP contribution is 2.37. The molecule has 0 aliphatic carbocycles. The average Bonchev–Trinajstić information content (AvgIpc) is 3.14. The summed E-state index contributed by atoms with van der Waals surface area (Å²) in [6.45, 7) is 2.85. The van der Waals surface area contributed by atoms with Gasteiger partial charge in [-0.05, 0) is 16.8 Å². The molecule has 3 heterocycles. The second-order valence-electron chi connectivity index (χ2n) is 5.90. The van der Waals surface area contributed by atoms with Gasteiger partial charge >= 0.3 is 11.5 Å². The number of nitrogens with zero attached hydrogens (tertiary/aromatic N) is 4. The summed E-state index contributed by atoms with van der Waals surface area (Å²) in [7, 11) is 0. The van der Waals surface area contributed by atoms with Crippen LogP contribution in [0.25, 0.3) is 0 Å². The maximum absolute atomic E-state index is 12.0. The first kappa shape index (κ1) is 17.0. The van der Waals surface area contributed by atoms with Crippen molar-refractivity contribution in [2.24, 2.45) is 0 Å². The first-order chi connectivity index (χ1) is 11.8. The molecule has 1 aliphatic rings. The number of H-pyrrole nitrogens is 1. The van der Waals surface area contributed by atoms with Crippen molar-refractivity contribution < 1.29 is 14.8 Å². The fraction of sp³-hybridized carbons (Fsp3) is 0.500. The van der Waals surface area contributed by atoms with Crippen LogP contribution in [0, 0.1) is 24.0 Å². The van der Waals surface area contributed by atoms with Crippen molar-refractivity contribution in [3.8, 4) is 0 Å². The quantitative estimate of drug-likeness (QED) is 0.572. The Balaban J connectivity index is 1.96. The van der Waals surface area contributed by atoms with Gasteiger partial charge in [0, 0.05) is 25.1 Å². The fourth-order valence-electron chi connectivity index (χ4n) is 3.04. The number of imidazole rings is 1. The number of aromatic nitrogens is 4. The van der Waals surface area contributed by atoms with Gasteiger partial charge in [0.15, 0.2) is 0 Å². The summed E-state index contributed by atoms with van der Waals surface area (Å²) in [5.74, 6) is 0.110. The van der Waals surface area contributed by atoms with Gasteiger partial charge in [-0.15, -0.1) is 0 Å². The second-order valence-corrected chi connectivity index (χ2v) is 5.90. The number of nitrogens with one attached hydrogen (secondary N) is 1. The van der Waals surface area contributed by atoms with Crippen molar-refractivity contribution in [1.82, 2.24) is 19.1 Å². The number of hydrogen-bond acceptors (Lipinski definition) is 7. The lowest BCUT2D eigenvalue weighted by atomic mass is 10.1. The molecule has 134 valence electrons. The number of hydrogen-bond donors (Lipinski definition) is 2. The monoisotopic (exact) mass is 351 g/mol. The Bertz CT molecular complexity index is 929. The van der Waals surface area contributed by atoms with Crippen LogP contribution in [-0.2, 0) is 4.74 Å². The van der Waals surface area contributed by atoms with Crippen molar-refractivity contribution in [1.29, 1.82) is 0 Å². The van der Waals surface area contributed by atoms with Crippen molar-refractivity contribution in [3.63, 3.8) is 0 Å². The predicted octanol–water partition coefficient (Wildman–Crippen LogP) is -0.221. The van der Waals surface area contributed by atoms with E-state index in [4.69, 9.17) is 4.74 Å². The molecule has 0 spiro atoms. The molecule has 0 aromatic carbocycles. The van der Waals surface area contributed by atoms with E-state index in [2.05, 4.69) is 9.97 Å². The summed E-state index contributed by atoms with van der Waals surface area (Å²) in [5, 5.41) is 20.5. The number of aliphatic hydroxyl groups excluding tert-OH is 1. The summed E-state index contributed by atoms with van der Waals surface area (Å²) in [6.07, 6.45) is 1.58. The van der Waals surface area contributed by atoms with Crippen LogP contribution in [0.5, 0.6) is 0 Å². The average molecular weight is 351 g/mol. The summed E-state index contributed by atoms with van der Waals surface area (Å²) >= 11 is 0. The van der Waals surface area contributed by atoms with Crippen LogP contribution in [0.2, 0.25) is 0 Å². The lowest BCUT2D eigenvalue weighted by Gasteiger charge is -2.16. The zero-order valence-corrected chi connectivity index (χ0v) is 13.6. The van der Waals surface area contributed by atoms with Gasteiger partial charge in [0.2, 0.25) is 5.82 Å². The smallest absolute Gasteiger partial charge is 0.381 e. The molecule has 2 aromatic heterocycles. The van der Waals surface area contributed by atoms with Crippen molar-refractivity contribution >= 4 is 5.82 Å². The zero-order valence-electron chi connectivity index (χ0n) is 13.6. The summed E-state index contributed by atoms with van der Waals surface area (Å²) in [4.78, 5) is 39.9. The van der Waals surface area contributed by atoms with E-state index in [1.807, 2.05) is 0 Å². The Labute approximate surface area is 140 Å². The molecule has 0 unspecified atom stereocenters. The molecule has 11 nitrogen and oxygen atoms in total. The molecule has 11 heteroatoms. The summed E-state index contributed by atoms with van der Waals surface area (Å²) < 4.78 is 8.56. The summed E-state index contributed by atoms with van der Waals surface area (Å²) in [6, 6.07) is -0.435. The Morgan fingerprint density at radius 1 is 1.40 bits per heavy atom. The maximum atomic E-state index is 12.0. The molecule has 0 amide bonds. The third-order valence-corrected chi connectivity index (χ3v) is 4.29. The number of aromatic amines is 1. The highest BCUT2D eigenvalue weighted by atomic mass is 16.6. The van der Waals surface area contributed by atoms with Gasteiger partial charge in [0.25, 0.3) is 5.56 Å². The van der Waals surface area contributed by atoms with Crippen LogP contribution >= 0.6 is 0 Å².